The van der Waals surface area contributed by atoms with Gasteiger partial charge in [-0.1, -0.05) is 15.9 Å². The van der Waals surface area contributed by atoms with E-state index in [9.17, 15) is 4.79 Å². The number of nitrogens with zero attached hydrogens (tertiary/aromatic N) is 2. The second-order valence-electron chi connectivity index (χ2n) is 3.00. The highest BCUT2D eigenvalue weighted by Crippen LogP contribution is 2.18. The molecule has 0 aliphatic carbocycles. The summed E-state index contributed by atoms with van der Waals surface area (Å²) in [6.07, 6.45) is 1.27. The van der Waals surface area contributed by atoms with Crippen LogP contribution in [0.5, 0.6) is 0 Å². The number of hydrogen-bond donors (Lipinski definition) is 1. The molecule has 5 nitrogen and oxygen atoms in total. The monoisotopic (exact) mass is 281 g/mol. The normalized spacial score (nSPS) is 10.1. The number of halogens is 1. The van der Waals surface area contributed by atoms with Crippen LogP contribution in [-0.2, 0) is 4.79 Å². The summed E-state index contributed by atoms with van der Waals surface area (Å²) in [5.74, 6) is 0.365. The molecule has 2 rings (SSSR count). The number of hydrogen-bond acceptors (Lipinski definition) is 4. The van der Waals surface area contributed by atoms with Crippen molar-refractivity contribution in [2.75, 3.05) is 10.6 Å². The third-order valence-electron chi connectivity index (χ3n) is 1.90. The van der Waals surface area contributed by atoms with Crippen molar-refractivity contribution in [2.45, 2.75) is 0 Å². The fraction of sp³-hybridized carbons (Fsp3) is 0.100. The minimum Gasteiger partial charge on any atom is -0.423 e. The van der Waals surface area contributed by atoms with Gasteiger partial charge in [-0.05, 0) is 24.3 Å². The Morgan fingerprint density at radius 1 is 1.38 bits per heavy atom. The molecular formula is C10H8BrN3O2. The molecule has 2 aromatic rings. The number of alkyl halides is 1. The predicted molar refractivity (Wildman–Crippen MR) is 62.2 cm³/mol. The van der Waals surface area contributed by atoms with Crippen LogP contribution < -0.4 is 5.32 Å². The van der Waals surface area contributed by atoms with Crippen LogP contribution in [0, 0.1) is 0 Å². The maximum absolute atomic E-state index is 11.1. The standard InChI is InChI=1S/C10H8BrN3O2/c11-5-9(15)13-8-3-1-7(2-4-8)10-14-12-6-16-10/h1-4,6H,5H2,(H,13,15). The topological polar surface area (TPSA) is 68.0 Å². The van der Waals surface area contributed by atoms with Crippen molar-refractivity contribution in [1.29, 1.82) is 0 Å². The van der Waals surface area contributed by atoms with Crippen molar-refractivity contribution in [3.63, 3.8) is 0 Å². The van der Waals surface area contributed by atoms with Crippen LogP contribution in [0.2, 0.25) is 0 Å². The van der Waals surface area contributed by atoms with Gasteiger partial charge in [-0.25, -0.2) is 0 Å². The molecule has 1 N–H and O–H groups in total. The van der Waals surface area contributed by atoms with Gasteiger partial charge < -0.3 is 9.73 Å². The van der Waals surface area contributed by atoms with Crippen LogP contribution in [0.3, 0.4) is 0 Å². The van der Waals surface area contributed by atoms with E-state index < -0.39 is 0 Å². The molecule has 0 radical (unpaired) electrons. The van der Waals surface area contributed by atoms with E-state index in [2.05, 4.69) is 31.4 Å². The Labute approximate surface area is 100.0 Å². The van der Waals surface area contributed by atoms with Gasteiger partial charge in [0.15, 0.2) is 0 Å². The highest BCUT2D eigenvalue weighted by molar-refractivity contribution is 9.09. The number of rotatable bonds is 3. The highest BCUT2D eigenvalue weighted by atomic mass is 79.9. The van der Waals surface area contributed by atoms with E-state index in [0.29, 0.717) is 5.89 Å². The second kappa shape index (κ2) is 4.89. The maximum Gasteiger partial charge on any atom is 0.247 e. The van der Waals surface area contributed by atoms with Crippen molar-refractivity contribution < 1.29 is 9.21 Å². The molecule has 6 heteroatoms. The molecule has 82 valence electrons. The summed E-state index contributed by atoms with van der Waals surface area (Å²) in [7, 11) is 0. The number of nitrogens with one attached hydrogen (secondary N) is 1. The number of carbonyl (C=O) groups is 1. The molecule has 1 aromatic heterocycles. The Morgan fingerprint density at radius 2 is 2.12 bits per heavy atom. The van der Waals surface area contributed by atoms with Crippen LogP contribution in [0.25, 0.3) is 11.5 Å². The van der Waals surface area contributed by atoms with Gasteiger partial charge in [-0.15, -0.1) is 10.2 Å². The van der Waals surface area contributed by atoms with Crippen molar-refractivity contribution >= 4 is 27.5 Å². The molecule has 1 aromatic carbocycles. The number of carbonyl (C=O) groups excluding carboxylic acids is 1. The molecule has 0 atom stereocenters. The molecule has 0 spiro atoms. The Hall–Kier alpha value is -1.69. The average Bonchev–Trinajstić information content (AvgIpc) is 2.83. The average molecular weight is 282 g/mol. The molecular weight excluding hydrogens is 274 g/mol. The fourth-order valence-corrected chi connectivity index (χ4v) is 1.33. The third kappa shape index (κ3) is 2.46. The van der Waals surface area contributed by atoms with E-state index in [1.165, 1.54) is 6.39 Å². The van der Waals surface area contributed by atoms with Crippen molar-refractivity contribution in [1.82, 2.24) is 10.2 Å². The molecule has 1 heterocycles. The predicted octanol–water partition coefficient (Wildman–Crippen LogP) is 2.07. The van der Waals surface area contributed by atoms with Gasteiger partial charge in [0.05, 0.1) is 5.33 Å². The van der Waals surface area contributed by atoms with Crippen molar-refractivity contribution in [3.05, 3.63) is 30.7 Å². The zero-order valence-electron chi connectivity index (χ0n) is 8.18. The first-order valence-electron chi connectivity index (χ1n) is 4.52. The van der Waals surface area contributed by atoms with Crippen LogP contribution in [0.15, 0.2) is 35.1 Å². The molecule has 0 fully saturated rings. The summed E-state index contributed by atoms with van der Waals surface area (Å²) in [5, 5.41) is 10.4. The summed E-state index contributed by atoms with van der Waals surface area (Å²) in [6.45, 7) is 0. The van der Waals surface area contributed by atoms with E-state index in [1.54, 1.807) is 24.3 Å². The van der Waals surface area contributed by atoms with Crippen molar-refractivity contribution in [2.24, 2.45) is 0 Å². The van der Waals surface area contributed by atoms with E-state index in [0.717, 1.165) is 11.3 Å². The SMILES string of the molecule is O=C(CBr)Nc1ccc(-c2nnco2)cc1. The number of anilines is 1. The molecule has 0 saturated carbocycles. The van der Waals surface area contributed by atoms with Gasteiger partial charge in [-0.3, -0.25) is 4.79 Å². The molecule has 16 heavy (non-hydrogen) atoms. The zero-order valence-corrected chi connectivity index (χ0v) is 9.77. The first-order valence-corrected chi connectivity index (χ1v) is 5.64. The van der Waals surface area contributed by atoms with E-state index >= 15 is 0 Å². The minimum absolute atomic E-state index is 0.0921. The molecule has 0 aliphatic heterocycles. The Morgan fingerprint density at radius 3 is 2.69 bits per heavy atom. The summed E-state index contributed by atoms with van der Waals surface area (Å²) in [5.41, 5.74) is 1.54. The number of aromatic nitrogens is 2. The lowest BCUT2D eigenvalue weighted by Crippen LogP contribution is -2.11. The van der Waals surface area contributed by atoms with Gasteiger partial charge >= 0.3 is 0 Å². The lowest BCUT2D eigenvalue weighted by Gasteiger charge is -2.02. The molecule has 1 amide bonds. The summed E-state index contributed by atoms with van der Waals surface area (Å²) in [4.78, 5) is 11.1. The fourth-order valence-electron chi connectivity index (χ4n) is 1.19. The van der Waals surface area contributed by atoms with Gasteiger partial charge in [0.2, 0.25) is 18.2 Å². The molecule has 0 bridgehead atoms. The van der Waals surface area contributed by atoms with Gasteiger partial charge in [0, 0.05) is 11.3 Å². The minimum atomic E-state index is -0.0921. The van der Waals surface area contributed by atoms with Gasteiger partial charge in [0.1, 0.15) is 0 Å². The first kappa shape index (κ1) is 10.8. The smallest absolute Gasteiger partial charge is 0.247 e. The second-order valence-corrected chi connectivity index (χ2v) is 3.56. The van der Waals surface area contributed by atoms with E-state index in [4.69, 9.17) is 4.42 Å². The van der Waals surface area contributed by atoms with Crippen LogP contribution >= 0.6 is 15.9 Å². The zero-order chi connectivity index (χ0) is 11.4. The maximum atomic E-state index is 11.1. The highest BCUT2D eigenvalue weighted by Gasteiger charge is 2.04. The van der Waals surface area contributed by atoms with Crippen molar-refractivity contribution in [3.8, 4) is 11.5 Å². The van der Waals surface area contributed by atoms with E-state index in [1.807, 2.05) is 0 Å². The molecule has 0 unspecified atom stereocenters. The molecule has 0 aliphatic rings. The molecule has 0 saturated heterocycles. The summed E-state index contributed by atoms with van der Waals surface area (Å²) < 4.78 is 5.04. The van der Waals surface area contributed by atoms with Gasteiger partial charge in [0.25, 0.3) is 0 Å². The lowest BCUT2D eigenvalue weighted by atomic mass is 10.2. The van der Waals surface area contributed by atoms with Crippen LogP contribution in [-0.4, -0.2) is 21.4 Å². The summed E-state index contributed by atoms with van der Waals surface area (Å²) in [6, 6.07) is 7.16. The van der Waals surface area contributed by atoms with Crippen LogP contribution in [0.1, 0.15) is 0 Å². The van der Waals surface area contributed by atoms with E-state index in [-0.39, 0.29) is 11.2 Å². The quantitative estimate of drug-likeness (QED) is 0.875. The third-order valence-corrected chi connectivity index (χ3v) is 2.41. The van der Waals surface area contributed by atoms with Crippen LogP contribution in [0.4, 0.5) is 5.69 Å². The van der Waals surface area contributed by atoms with Gasteiger partial charge in [-0.2, -0.15) is 0 Å². The summed E-state index contributed by atoms with van der Waals surface area (Å²) >= 11 is 3.07. The number of benzene rings is 1. The lowest BCUT2D eigenvalue weighted by molar-refractivity contribution is -0.113. The Bertz CT molecular complexity index is 467. The first-order chi connectivity index (χ1) is 7.79. The Kier molecular flexibility index (Phi) is 3.31. The number of amides is 1. The Balaban J connectivity index is 2.14. The largest absolute Gasteiger partial charge is 0.423 e.